The number of para-hydroxylation sites is 1. The van der Waals surface area contributed by atoms with Crippen molar-refractivity contribution < 1.29 is 47.5 Å². The van der Waals surface area contributed by atoms with Crippen LogP contribution in [-0.2, 0) is 47.5 Å². The number of nitrogens with zero attached hydrogens (tertiary/aromatic N) is 2. The van der Waals surface area contributed by atoms with Gasteiger partial charge in [-0.05, 0) is 121 Å². The van der Waals surface area contributed by atoms with E-state index in [9.17, 15) is 4.79 Å². The minimum Gasteiger partial charge on any atom is -0.462 e. The molecule has 19 atom stereocenters. The Morgan fingerprint density at radius 3 is 2.22 bits per heavy atom. The molecule has 0 aromatic heterocycles. The average molecular weight is 823 g/mol. The van der Waals surface area contributed by atoms with Crippen LogP contribution >= 0.6 is 0 Å². The van der Waals surface area contributed by atoms with E-state index in [1.165, 1.54) is 5.69 Å². The number of carbonyl (C=O) groups excluding carboxylic acids is 2. The lowest BCUT2D eigenvalue weighted by Gasteiger charge is -2.44. The van der Waals surface area contributed by atoms with Gasteiger partial charge in [0.25, 0.3) is 0 Å². The minimum absolute atomic E-state index is 0.0262. The number of benzene rings is 1. The molecule has 0 bridgehead atoms. The first-order valence-corrected chi connectivity index (χ1v) is 22.6. The number of rotatable bonds is 10. The van der Waals surface area contributed by atoms with Gasteiger partial charge in [-0.3, -0.25) is 9.59 Å². The van der Waals surface area contributed by atoms with Crippen molar-refractivity contribution in [2.24, 2.45) is 35.5 Å². The quantitative estimate of drug-likeness (QED) is 0.198. The summed E-state index contributed by atoms with van der Waals surface area (Å²) in [6.45, 7) is 8.24. The first-order chi connectivity index (χ1) is 28.5. The molecule has 328 valence electrons. The number of methoxy groups -OCH3 is 3. The van der Waals surface area contributed by atoms with Crippen LogP contribution in [0.4, 0.5) is 5.69 Å². The molecule has 59 heavy (non-hydrogen) atoms. The Kier molecular flexibility index (Phi) is 13.3. The number of fused-ring (bicyclic) bond motifs is 8. The summed E-state index contributed by atoms with van der Waals surface area (Å²) in [6.07, 6.45) is 6.12. The van der Waals surface area contributed by atoms with Crippen molar-refractivity contribution in [1.29, 1.82) is 0 Å². The highest BCUT2D eigenvalue weighted by atomic mass is 16.7. The Hall–Kier alpha value is -2.42. The summed E-state index contributed by atoms with van der Waals surface area (Å²) in [6, 6.07) is 11.4. The summed E-state index contributed by atoms with van der Waals surface area (Å²) < 4.78 is 50.5. The maximum atomic E-state index is 15.1. The van der Waals surface area contributed by atoms with Gasteiger partial charge in [0, 0.05) is 44.9 Å². The van der Waals surface area contributed by atoms with Crippen molar-refractivity contribution in [3.63, 3.8) is 0 Å². The number of likely N-dealkylation sites (N-methyl/N-ethyl adjacent to an activating group) is 1. The Bertz CT molecular complexity index is 1640. The SMILES string of the molecule is CC[C@H]1CCC[C@H](O[C@H]2CC[C@H](N(C)C)C(C)O2)[C@@H](C)C(=O)C2=C[C@H]3[C@@H]4C[C@H](O[C@@H]5OC(C)[C@H](OC)C(OC)C5OC)C[C@H]4C4C([C@H]3[C@@H]2CC(=O)O1)N4c1ccccc1. The predicted octanol–water partition coefficient (Wildman–Crippen LogP) is 6.19. The molecular weight excluding hydrogens is 753 g/mol. The second-order valence-electron chi connectivity index (χ2n) is 18.8. The maximum Gasteiger partial charge on any atom is 0.306 e. The number of carbonyl (C=O) groups is 2. The van der Waals surface area contributed by atoms with Crippen molar-refractivity contribution in [1.82, 2.24) is 4.90 Å². The van der Waals surface area contributed by atoms with E-state index in [2.05, 4.69) is 74.2 Å². The molecular formula is C47H70N2O10. The van der Waals surface area contributed by atoms with E-state index in [0.29, 0.717) is 18.4 Å². The Morgan fingerprint density at radius 1 is 0.814 bits per heavy atom. The average Bonchev–Trinajstić information content (AvgIpc) is 3.63. The fraction of sp³-hybridized carbons (Fsp3) is 0.787. The third-order valence-corrected chi connectivity index (χ3v) is 15.5. The van der Waals surface area contributed by atoms with Gasteiger partial charge >= 0.3 is 5.97 Å². The number of ether oxygens (including phenoxy) is 8. The highest BCUT2D eigenvalue weighted by molar-refractivity contribution is 5.99. The van der Waals surface area contributed by atoms with Crippen LogP contribution in [-0.4, -0.2) is 132 Å². The molecule has 0 amide bonds. The third-order valence-electron chi connectivity index (χ3n) is 15.5. The second-order valence-corrected chi connectivity index (χ2v) is 18.8. The molecule has 6 unspecified atom stereocenters. The number of ketones is 1. The van der Waals surface area contributed by atoms with E-state index in [-0.39, 0.29) is 109 Å². The highest BCUT2D eigenvalue weighted by Crippen LogP contribution is 2.65. The number of cyclic esters (lactones) is 1. The first kappa shape index (κ1) is 43.2. The molecule has 8 rings (SSSR count). The molecule has 12 heteroatoms. The molecule has 3 aliphatic carbocycles. The van der Waals surface area contributed by atoms with Gasteiger partial charge in [0.15, 0.2) is 18.4 Å². The standard InChI is InChI=1S/C47H70N2O10/c1-10-29-17-14-18-37(59-39-20-19-36(48(5)6)26(3)55-39)25(2)43(51)35-23-32-31-21-30(58-47-46(54-9)45(53-8)44(52-7)27(4)56-47)22-34(31)41-42(40(32)33(35)24-38(50)57-29)49(41)28-15-12-11-13-16-28/h11-13,15-16,23,25-27,29-34,36-37,39-42,44-47H,10,14,17-22,24H2,1-9H3/t25-,26?,27?,29+,30+,31+,32+,33-,34-,36+,37+,39+,40-,41?,42?,44+,45?,46?,47+,49?/m1/s1. The fourth-order valence-electron chi connectivity index (χ4n) is 12.6. The van der Waals surface area contributed by atoms with Crippen LogP contribution in [0.3, 0.4) is 0 Å². The zero-order valence-electron chi connectivity index (χ0n) is 36.8. The second kappa shape index (κ2) is 18.1. The predicted molar refractivity (Wildman–Crippen MR) is 222 cm³/mol. The van der Waals surface area contributed by atoms with Crippen molar-refractivity contribution in [2.75, 3.05) is 40.3 Å². The summed E-state index contributed by atoms with van der Waals surface area (Å²) >= 11 is 0. The third kappa shape index (κ3) is 8.31. The van der Waals surface area contributed by atoms with E-state index in [1.807, 2.05) is 13.8 Å². The number of hydrogen-bond acceptors (Lipinski definition) is 12. The lowest BCUT2D eigenvalue weighted by Crippen LogP contribution is -2.59. The largest absolute Gasteiger partial charge is 0.462 e. The van der Waals surface area contributed by atoms with Crippen LogP contribution in [0.15, 0.2) is 42.0 Å². The molecule has 4 heterocycles. The van der Waals surface area contributed by atoms with Crippen molar-refractivity contribution in [3.05, 3.63) is 42.0 Å². The van der Waals surface area contributed by atoms with E-state index < -0.39 is 12.4 Å². The van der Waals surface area contributed by atoms with E-state index in [0.717, 1.165) is 50.5 Å². The molecule has 1 aromatic rings. The van der Waals surface area contributed by atoms with Gasteiger partial charge in [-0.25, -0.2) is 0 Å². The minimum atomic E-state index is -0.616. The summed E-state index contributed by atoms with van der Waals surface area (Å²) in [5, 5.41) is 0. The lowest BCUT2D eigenvalue weighted by molar-refractivity contribution is -0.314. The number of allylic oxidation sites excluding steroid dienone is 2. The van der Waals surface area contributed by atoms with E-state index in [4.69, 9.17) is 37.9 Å². The van der Waals surface area contributed by atoms with Crippen molar-refractivity contribution in [3.8, 4) is 0 Å². The van der Waals surface area contributed by atoms with Gasteiger partial charge in [0.1, 0.15) is 24.4 Å². The zero-order chi connectivity index (χ0) is 41.7. The number of esters is 1. The van der Waals surface area contributed by atoms with Gasteiger partial charge in [-0.1, -0.05) is 38.1 Å². The molecule has 0 radical (unpaired) electrons. The van der Waals surface area contributed by atoms with Gasteiger partial charge in [-0.2, -0.15) is 0 Å². The summed E-state index contributed by atoms with van der Waals surface area (Å²) in [4.78, 5) is 33.9. The molecule has 4 saturated heterocycles. The van der Waals surface area contributed by atoms with E-state index in [1.54, 1.807) is 21.3 Å². The van der Waals surface area contributed by atoms with Crippen LogP contribution in [0.25, 0.3) is 0 Å². The Morgan fingerprint density at radius 2 is 1.54 bits per heavy atom. The summed E-state index contributed by atoms with van der Waals surface area (Å²) in [5.41, 5.74) is 1.98. The van der Waals surface area contributed by atoms with Crippen LogP contribution in [0.5, 0.6) is 0 Å². The van der Waals surface area contributed by atoms with Crippen LogP contribution in [0, 0.1) is 35.5 Å². The number of hydrogen-bond donors (Lipinski definition) is 0. The van der Waals surface area contributed by atoms with Gasteiger partial charge in [0.2, 0.25) is 0 Å². The smallest absolute Gasteiger partial charge is 0.306 e. The van der Waals surface area contributed by atoms with Crippen molar-refractivity contribution in [2.45, 2.75) is 165 Å². The monoisotopic (exact) mass is 823 g/mol. The molecule has 6 fully saturated rings. The van der Waals surface area contributed by atoms with E-state index >= 15 is 4.79 Å². The fourth-order valence-corrected chi connectivity index (χ4v) is 12.6. The Labute approximate surface area is 351 Å². The maximum absolute atomic E-state index is 15.1. The number of anilines is 1. The first-order valence-electron chi connectivity index (χ1n) is 22.6. The Balaban J connectivity index is 1.10. The molecule has 0 spiro atoms. The van der Waals surface area contributed by atoms with Gasteiger partial charge in [0.05, 0.1) is 42.9 Å². The van der Waals surface area contributed by atoms with Crippen LogP contribution in [0.1, 0.15) is 85.5 Å². The lowest BCUT2D eigenvalue weighted by atomic mass is 9.66. The molecule has 2 saturated carbocycles. The molecule has 12 nitrogen and oxygen atoms in total. The summed E-state index contributed by atoms with van der Waals surface area (Å²) in [5.74, 6) is 0.0677. The highest BCUT2D eigenvalue weighted by Gasteiger charge is 2.69. The summed E-state index contributed by atoms with van der Waals surface area (Å²) in [7, 11) is 9.21. The molecule has 1 aromatic carbocycles. The van der Waals surface area contributed by atoms with Crippen LogP contribution < -0.4 is 4.90 Å². The molecule has 0 N–H and O–H groups in total. The molecule has 4 aliphatic heterocycles. The topological polar surface area (TPSA) is 114 Å². The van der Waals surface area contributed by atoms with Crippen LogP contribution in [0.2, 0.25) is 0 Å². The van der Waals surface area contributed by atoms with Gasteiger partial charge in [-0.15, -0.1) is 0 Å². The number of Topliss-reactive ketones (excluding diaryl/α,β-unsaturated/α-hetero) is 1. The van der Waals surface area contributed by atoms with Gasteiger partial charge < -0.3 is 47.7 Å². The normalized spacial score (nSPS) is 45.0. The molecule has 7 aliphatic rings. The zero-order valence-corrected chi connectivity index (χ0v) is 36.8. The van der Waals surface area contributed by atoms with Crippen molar-refractivity contribution >= 4 is 17.4 Å².